The van der Waals surface area contributed by atoms with E-state index in [9.17, 15) is 19.5 Å². The van der Waals surface area contributed by atoms with Crippen molar-refractivity contribution in [3.05, 3.63) is 59.7 Å². The molecule has 0 radical (unpaired) electrons. The number of alkyl carbamates (subject to hydrolysis) is 1. The molecule has 0 saturated carbocycles. The molecule has 2 aromatic rings. The molecule has 4 rings (SSSR count). The van der Waals surface area contributed by atoms with Crippen LogP contribution in [-0.4, -0.2) is 53.2 Å². The average Bonchev–Trinajstić information content (AvgIpc) is 3.15. The summed E-state index contributed by atoms with van der Waals surface area (Å²) in [6.07, 6.45) is 1.61. The van der Waals surface area contributed by atoms with Crippen LogP contribution in [0.15, 0.2) is 48.5 Å². The maximum absolute atomic E-state index is 13.2. The van der Waals surface area contributed by atoms with Crippen molar-refractivity contribution < 1.29 is 24.2 Å². The summed E-state index contributed by atoms with van der Waals surface area (Å²) in [5, 5.41) is 11.9. The quantitative estimate of drug-likeness (QED) is 0.633. The molecule has 0 aromatic heterocycles. The van der Waals surface area contributed by atoms with Gasteiger partial charge in [-0.3, -0.25) is 9.59 Å². The fourth-order valence-electron chi connectivity index (χ4n) is 5.18. The molecule has 1 saturated heterocycles. The first-order valence-corrected chi connectivity index (χ1v) is 12.0. The van der Waals surface area contributed by atoms with E-state index < -0.39 is 24.5 Å². The zero-order valence-electron chi connectivity index (χ0n) is 19.7. The Bertz CT molecular complexity index is 1020. The molecule has 180 valence electrons. The number of hydrogen-bond donors (Lipinski definition) is 2. The van der Waals surface area contributed by atoms with E-state index in [4.69, 9.17) is 4.74 Å². The fraction of sp³-hybridized carbons (Fsp3) is 0.444. The first-order chi connectivity index (χ1) is 16.4. The molecular formula is C27H32N2O5. The predicted octanol–water partition coefficient (Wildman–Crippen LogP) is 4.41. The normalized spacial score (nSPS) is 20.2. The molecule has 1 fully saturated rings. The van der Waals surface area contributed by atoms with Crippen molar-refractivity contribution in [3.63, 3.8) is 0 Å². The number of nitrogens with one attached hydrogen (secondary N) is 1. The lowest BCUT2D eigenvalue weighted by molar-refractivity contribution is -0.144. The standard InChI is InChI=1S/C27H32N2O5/c1-3-18-13-12-17(2)29(15-18)26(32)24(14-25(30)31)28-27(33)34-16-23-21-10-6-4-8-19(21)20-9-5-7-11-22(20)23/h4-11,17-18,23-24H,3,12-16H2,1-2H3,(H,28,33)(H,30,31)/t17-,18-,24?/m0/s1. The van der Waals surface area contributed by atoms with Crippen LogP contribution in [0.25, 0.3) is 11.1 Å². The molecule has 7 heteroatoms. The molecule has 1 unspecified atom stereocenters. The maximum atomic E-state index is 13.2. The number of carboxylic acids is 1. The molecule has 2 aromatic carbocycles. The molecule has 0 spiro atoms. The number of piperidine rings is 1. The summed E-state index contributed by atoms with van der Waals surface area (Å²) in [6, 6.07) is 14.9. The Morgan fingerprint density at radius 1 is 1.06 bits per heavy atom. The van der Waals surface area contributed by atoms with Crippen LogP contribution in [0.1, 0.15) is 56.6 Å². The number of carboxylic acid groups (broad SMARTS) is 1. The first kappa shape index (κ1) is 23.8. The smallest absolute Gasteiger partial charge is 0.407 e. The summed E-state index contributed by atoms with van der Waals surface area (Å²) in [4.78, 5) is 39.1. The van der Waals surface area contributed by atoms with Crippen LogP contribution in [0.2, 0.25) is 0 Å². The number of fused-ring (bicyclic) bond motifs is 3. The highest BCUT2D eigenvalue weighted by Gasteiger charge is 2.35. The van der Waals surface area contributed by atoms with Gasteiger partial charge in [-0.1, -0.05) is 61.9 Å². The van der Waals surface area contributed by atoms with Gasteiger partial charge in [0.15, 0.2) is 0 Å². The van der Waals surface area contributed by atoms with Crippen molar-refractivity contribution in [2.24, 2.45) is 5.92 Å². The van der Waals surface area contributed by atoms with E-state index >= 15 is 0 Å². The van der Waals surface area contributed by atoms with Crippen LogP contribution in [-0.2, 0) is 14.3 Å². The van der Waals surface area contributed by atoms with E-state index in [1.807, 2.05) is 43.3 Å². The summed E-state index contributed by atoms with van der Waals surface area (Å²) in [7, 11) is 0. The van der Waals surface area contributed by atoms with E-state index in [-0.39, 0.29) is 24.5 Å². The second kappa shape index (κ2) is 10.3. The predicted molar refractivity (Wildman–Crippen MR) is 128 cm³/mol. The molecule has 3 atom stereocenters. The highest BCUT2D eigenvalue weighted by atomic mass is 16.5. The van der Waals surface area contributed by atoms with Gasteiger partial charge >= 0.3 is 12.1 Å². The molecule has 7 nitrogen and oxygen atoms in total. The zero-order chi connectivity index (χ0) is 24.2. The van der Waals surface area contributed by atoms with Gasteiger partial charge in [0.25, 0.3) is 0 Å². The molecule has 2 N–H and O–H groups in total. The number of carbonyl (C=O) groups excluding carboxylic acids is 2. The number of amides is 2. The van der Waals surface area contributed by atoms with Gasteiger partial charge in [-0.05, 0) is 47.9 Å². The Morgan fingerprint density at radius 2 is 1.68 bits per heavy atom. The summed E-state index contributed by atoms with van der Waals surface area (Å²) in [5.74, 6) is -1.23. The van der Waals surface area contributed by atoms with Gasteiger partial charge in [0.05, 0.1) is 6.42 Å². The van der Waals surface area contributed by atoms with E-state index in [0.29, 0.717) is 12.5 Å². The van der Waals surface area contributed by atoms with Crippen LogP contribution in [0, 0.1) is 5.92 Å². The molecule has 1 heterocycles. The minimum absolute atomic E-state index is 0.0101. The van der Waals surface area contributed by atoms with E-state index in [1.54, 1.807) is 4.90 Å². The fourth-order valence-corrected chi connectivity index (χ4v) is 5.18. The Kier molecular flexibility index (Phi) is 7.20. The lowest BCUT2D eigenvalue weighted by Gasteiger charge is -2.39. The Labute approximate surface area is 200 Å². The first-order valence-electron chi connectivity index (χ1n) is 12.0. The summed E-state index contributed by atoms with van der Waals surface area (Å²) in [6.45, 7) is 4.74. The molecule has 0 bridgehead atoms. The number of benzene rings is 2. The molecule has 1 aliphatic carbocycles. The number of ether oxygens (including phenoxy) is 1. The lowest BCUT2D eigenvalue weighted by atomic mass is 9.91. The van der Waals surface area contributed by atoms with Crippen LogP contribution in [0.4, 0.5) is 4.79 Å². The maximum Gasteiger partial charge on any atom is 0.407 e. The van der Waals surface area contributed by atoms with E-state index in [1.165, 1.54) is 0 Å². The molecular weight excluding hydrogens is 432 g/mol. The zero-order valence-corrected chi connectivity index (χ0v) is 19.7. The molecule has 2 amide bonds. The molecule has 2 aliphatic rings. The van der Waals surface area contributed by atoms with Gasteiger partial charge in [0, 0.05) is 18.5 Å². The van der Waals surface area contributed by atoms with Gasteiger partial charge in [-0.2, -0.15) is 0 Å². The van der Waals surface area contributed by atoms with Crippen molar-refractivity contribution >= 4 is 18.0 Å². The average molecular weight is 465 g/mol. The van der Waals surface area contributed by atoms with Crippen molar-refractivity contribution in [1.82, 2.24) is 10.2 Å². The number of carbonyl (C=O) groups is 3. The third kappa shape index (κ3) is 4.93. The highest BCUT2D eigenvalue weighted by Crippen LogP contribution is 2.44. The summed E-state index contributed by atoms with van der Waals surface area (Å²) < 4.78 is 5.54. The van der Waals surface area contributed by atoms with Crippen LogP contribution in [0.5, 0.6) is 0 Å². The van der Waals surface area contributed by atoms with Crippen molar-refractivity contribution in [2.75, 3.05) is 13.2 Å². The highest BCUT2D eigenvalue weighted by molar-refractivity contribution is 5.89. The lowest BCUT2D eigenvalue weighted by Crippen LogP contribution is -2.54. The van der Waals surface area contributed by atoms with Gasteiger partial charge in [0.2, 0.25) is 5.91 Å². The number of nitrogens with zero attached hydrogens (tertiary/aromatic N) is 1. The van der Waals surface area contributed by atoms with Crippen molar-refractivity contribution in [1.29, 1.82) is 0 Å². The Morgan fingerprint density at radius 3 is 2.26 bits per heavy atom. The largest absolute Gasteiger partial charge is 0.481 e. The second-order valence-electron chi connectivity index (χ2n) is 9.31. The number of rotatable bonds is 7. The second-order valence-corrected chi connectivity index (χ2v) is 9.31. The summed E-state index contributed by atoms with van der Waals surface area (Å²) in [5.41, 5.74) is 4.41. The van der Waals surface area contributed by atoms with Gasteiger partial charge < -0.3 is 20.1 Å². The van der Waals surface area contributed by atoms with Crippen LogP contribution < -0.4 is 5.32 Å². The number of hydrogen-bond acceptors (Lipinski definition) is 4. The topological polar surface area (TPSA) is 95.9 Å². The van der Waals surface area contributed by atoms with Crippen LogP contribution in [0.3, 0.4) is 0 Å². The third-order valence-electron chi connectivity index (χ3n) is 7.15. The SMILES string of the molecule is CC[C@H]1CC[C@H](C)N(C(=O)C(CC(=O)O)NC(=O)OCC2c3ccccc3-c3ccccc32)C1. The number of likely N-dealkylation sites (tertiary alicyclic amines) is 1. The Balaban J connectivity index is 1.44. The van der Waals surface area contributed by atoms with Crippen LogP contribution >= 0.6 is 0 Å². The summed E-state index contributed by atoms with van der Waals surface area (Å²) >= 11 is 0. The van der Waals surface area contributed by atoms with Crippen molar-refractivity contribution in [2.45, 2.75) is 57.5 Å². The minimum Gasteiger partial charge on any atom is -0.481 e. The van der Waals surface area contributed by atoms with Gasteiger partial charge in [-0.25, -0.2) is 4.79 Å². The third-order valence-corrected chi connectivity index (χ3v) is 7.15. The van der Waals surface area contributed by atoms with E-state index in [2.05, 4.69) is 24.4 Å². The van der Waals surface area contributed by atoms with Gasteiger partial charge in [0.1, 0.15) is 12.6 Å². The van der Waals surface area contributed by atoms with Gasteiger partial charge in [-0.15, -0.1) is 0 Å². The molecule has 1 aliphatic heterocycles. The van der Waals surface area contributed by atoms with E-state index in [0.717, 1.165) is 41.5 Å². The molecule has 34 heavy (non-hydrogen) atoms. The van der Waals surface area contributed by atoms with Crippen molar-refractivity contribution in [3.8, 4) is 11.1 Å². The minimum atomic E-state index is -1.16. The number of aliphatic carboxylic acids is 1. The Hall–Kier alpha value is -3.35. The monoisotopic (exact) mass is 464 g/mol.